The number of esters is 1. The molecule has 5 N–H and O–H groups in total. The number of hydrogen-bond acceptors (Lipinski definition) is 9. The molecule has 248 valence electrons. The molecule has 2 aromatic rings. The number of carbonyl (C=O) groups is 6. The molecule has 0 aromatic heterocycles. The zero-order valence-corrected chi connectivity index (χ0v) is 26.2. The molecule has 0 saturated carbocycles. The monoisotopic (exact) mass is 639 g/mol. The van der Waals surface area contributed by atoms with E-state index in [0.717, 1.165) is 0 Å². The van der Waals surface area contributed by atoms with Gasteiger partial charge in [0.05, 0.1) is 16.5 Å². The summed E-state index contributed by atoms with van der Waals surface area (Å²) in [5.74, 6) is -2.91. The number of ether oxygens (including phenoxy) is 1. The van der Waals surface area contributed by atoms with Crippen molar-refractivity contribution in [2.45, 2.75) is 71.9 Å². The van der Waals surface area contributed by atoms with Gasteiger partial charge >= 0.3 is 12.0 Å². The highest BCUT2D eigenvalue weighted by Gasteiger charge is 2.29. The van der Waals surface area contributed by atoms with Crippen LogP contribution in [-0.4, -0.2) is 52.9 Å². The van der Waals surface area contributed by atoms with Gasteiger partial charge in [0.1, 0.15) is 12.4 Å². The molecule has 0 aliphatic heterocycles. The normalized spacial score (nSPS) is 12.0. The number of primary amides is 1. The van der Waals surface area contributed by atoms with Crippen LogP contribution in [0.3, 0.4) is 0 Å². The third-order valence-electron chi connectivity index (χ3n) is 7.04. The molecule has 0 spiro atoms. The Morgan fingerprint density at radius 2 is 1.59 bits per heavy atom. The van der Waals surface area contributed by atoms with Gasteiger partial charge < -0.3 is 31.2 Å². The number of urea groups is 1. The number of nitrogens with zero attached hydrogens (tertiary/aromatic N) is 1. The maximum Gasteiger partial charge on any atom is 0.338 e. The second kappa shape index (κ2) is 18.6. The first-order chi connectivity index (χ1) is 21.8. The number of carbonyl (C=O) groups excluding carboxylic acids is 6. The molecule has 0 fully saturated rings. The zero-order chi connectivity index (χ0) is 34.2. The number of hydrogen-bond donors (Lipinski definition) is 4. The Bertz CT molecular complexity index is 1390. The number of Topliss-reactive ketones (excluding diaryl/α,β-unsaturated/α-hetero) is 2. The van der Waals surface area contributed by atoms with Crippen LogP contribution in [0.5, 0.6) is 0 Å². The van der Waals surface area contributed by atoms with Crippen molar-refractivity contribution < 1.29 is 38.4 Å². The van der Waals surface area contributed by atoms with Crippen LogP contribution in [-0.2, 0) is 30.5 Å². The molecule has 0 heterocycles. The van der Waals surface area contributed by atoms with Crippen LogP contribution in [0.2, 0.25) is 0 Å². The van der Waals surface area contributed by atoms with E-state index in [1.54, 1.807) is 38.1 Å². The maximum absolute atomic E-state index is 13.3. The van der Waals surface area contributed by atoms with Crippen molar-refractivity contribution in [1.82, 2.24) is 10.6 Å². The van der Waals surface area contributed by atoms with E-state index in [9.17, 15) is 38.9 Å². The minimum absolute atomic E-state index is 0.0329. The first kappa shape index (κ1) is 37.0. The predicted octanol–water partition coefficient (Wildman–Crippen LogP) is 3.81. The Hall–Kier alpha value is -5.14. The Labute approximate surface area is 267 Å². The van der Waals surface area contributed by atoms with E-state index in [2.05, 4.69) is 16.0 Å². The topological polar surface area (TPSA) is 217 Å². The molecule has 0 saturated heterocycles. The fourth-order valence-corrected chi connectivity index (χ4v) is 4.46. The molecule has 2 rings (SSSR count). The Morgan fingerprint density at radius 3 is 2.15 bits per heavy atom. The molecule has 0 aliphatic carbocycles. The van der Waals surface area contributed by atoms with E-state index in [-0.39, 0.29) is 54.6 Å². The summed E-state index contributed by atoms with van der Waals surface area (Å²) in [4.78, 5) is 83.8. The Morgan fingerprint density at radius 1 is 0.935 bits per heavy atom. The average Bonchev–Trinajstić information content (AvgIpc) is 3.00. The number of amides is 4. The molecule has 0 aliphatic rings. The molecule has 4 amide bonds. The average molecular weight is 640 g/mol. The molecular formula is C32H41N5O9. The van der Waals surface area contributed by atoms with Crippen LogP contribution < -0.4 is 21.7 Å². The van der Waals surface area contributed by atoms with Crippen molar-refractivity contribution in [3.05, 3.63) is 69.8 Å². The van der Waals surface area contributed by atoms with Crippen LogP contribution in [0.1, 0.15) is 75.2 Å². The first-order valence-corrected chi connectivity index (χ1v) is 14.9. The minimum Gasteiger partial charge on any atom is -0.457 e. The van der Waals surface area contributed by atoms with Gasteiger partial charge in [-0.05, 0) is 55.5 Å². The van der Waals surface area contributed by atoms with Gasteiger partial charge in [0.15, 0.2) is 5.78 Å². The molecule has 0 unspecified atom stereocenters. The SMILES string of the molecule is CC(=O)CCC(=O)N[C@H](C(=O)C[C@@H](CCCCNC(N)=O)C(=O)Nc1ccc(COC(=O)c2ccc([N+](=O)[O-])cc2)cc1)C(C)C. The van der Waals surface area contributed by atoms with E-state index in [4.69, 9.17) is 10.5 Å². The number of nitrogens with one attached hydrogen (secondary N) is 3. The summed E-state index contributed by atoms with van der Waals surface area (Å²) in [5, 5.41) is 18.8. The molecule has 2 aromatic carbocycles. The van der Waals surface area contributed by atoms with E-state index in [0.29, 0.717) is 37.1 Å². The summed E-state index contributed by atoms with van der Waals surface area (Å²) in [6.45, 7) is 5.18. The van der Waals surface area contributed by atoms with E-state index in [1.807, 2.05) is 0 Å². The fraction of sp³-hybridized carbons (Fsp3) is 0.438. The molecule has 14 nitrogen and oxygen atoms in total. The lowest BCUT2D eigenvalue weighted by molar-refractivity contribution is -0.384. The summed E-state index contributed by atoms with van der Waals surface area (Å²) in [6, 6.07) is 10.1. The number of non-ortho nitro benzene ring substituents is 1. The largest absolute Gasteiger partial charge is 0.457 e. The van der Waals surface area contributed by atoms with Crippen molar-refractivity contribution >= 4 is 46.8 Å². The summed E-state index contributed by atoms with van der Waals surface area (Å²) in [7, 11) is 0. The van der Waals surface area contributed by atoms with E-state index < -0.39 is 40.7 Å². The molecule has 46 heavy (non-hydrogen) atoms. The molecule has 0 bridgehead atoms. The second-order valence-corrected chi connectivity index (χ2v) is 11.2. The van der Waals surface area contributed by atoms with Crippen molar-refractivity contribution in [1.29, 1.82) is 0 Å². The van der Waals surface area contributed by atoms with Gasteiger partial charge in [-0.3, -0.25) is 24.5 Å². The number of ketones is 2. The van der Waals surface area contributed by atoms with Crippen LogP contribution in [0.4, 0.5) is 16.2 Å². The molecule has 0 radical (unpaired) electrons. The van der Waals surface area contributed by atoms with Crippen molar-refractivity contribution in [2.75, 3.05) is 11.9 Å². The number of nitro groups is 1. The quantitative estimate of drug-likeness (QED) is 0.0759. The maximum atomic E-state index is 13.3. The van der Waals surface area contributed by atoms with Crippen molar-refractivity contribution in [3.8, 4) is 0 Å². The van der Waals surface area contributed by atoms with Gasteiger partial charge in [0.25, 0.3) is 5.69 Å². The highest BCUT2D eigenvalue weighted by Crippen LogP contribution is 2.21. The predicted molar refractivity (Wildman–Crippen MR) is 169 cm³/mol. The van der Waals surface area contributed by atoms with Gasteiger partial charge in [-0.2, -0.15) is 0 Å². The summed E-state index contributed by atoms with van der Waals surface area (Å²) in [6.07, 6.45) is 1.27. The number of unbranched alkanes of at least 4 members (excludes halogenated alkanes) is 1. The highest BCUT2D eigenvalue weighted by atomic mass is 16.6. The number of nitrogens with two attached hydrogens (primary N) is 1. The van der Waals surface area contributed by atoms with Gasteiger partial charge in [-0.15, -0.1) is 0 Å². The third kappa shape index (κ3) is 13.2. The zero-order valence-electron chi connectivity index (χ0n) is 26.2. The smallest absolute Gasteiger partial charge is 0.338 e. The standard InChI is InChI=1S/C32H41N5O9/c1-20(2)29(36-28(40)16-7-21(3)38)27(39)18-24(6-4-5-17-34-32(33)43)30(41)35-25-12-8-22(9-13-25)19-46-31(42)23-10-14-26(15-11-23)37(44)45/h8-15,20,24,29H,4-7,16-19H2,1-3H3,(H,35,41)(H,36,40)(H3,33,34,43)/t24-,29+/m1/s1. The Kier molecular flexibility index (Phi) is 15.0. The number of benzene rings is 2. The minimum atomic E-state index is -0.834. The molecular weight excluding hydrogens is 598 g/mol. The first-order valence-electron chi connectivity index (χ1n) is 14.9. The van der Waals surface area contributed by atoms with E-state index >= 15 is 0 Å². The van der Waals surface area contributed by atoms with E-state index in [1.165, 1.54) is 31.2 Å². The molecule has 14 heteroatoms. The van der Waals surface area contributed by atoms with Gasteiger partial charge in [0.2, 0.25) is 11.8 Å². The van der Waals surface area contributed by atoms with Crippen LogP contribution >= 0.6 is 0 Å². The van der Waals surface area contributed by atoms with Crippen LogP contribution in [0.15, 0.2) is 48.5 Å². The number of anilines is 1. The number of rotatable bonds is 19. The summed E-state index contributed by atoms with van der Waals surface area (Å²) >= 11 is 0. The highest BCUT2D eigenvalue weighted by molar-refractivity contribution is 5.97. The summed E-state index contributed by atoms with van der Waals surface area (Å²) < 4.78 is 5.28. The fourth-order valence-electron chi connectivity index (χ4n) is 4.46. The van der Waals surface area contributed by atoms with Crippen LogP contribution in [0.25, 0.3) is 0 Å². The number of nitro benzene ring substituents is 1. The Balaban J connectivity index is 2.04. The van der Waals surface area contributed by atoms with Gasteiger partial charge in [-0.25, -0.2) is 9.59 Å². The van der Waals surface area contributed by atoms with Crippen LogP contribution in [0, 0.1) is 22.0 Å². The second-order valence-electron chi connectivity index (χ2n) is 11.2. The lowest BCUT2D eigenvalue weighted by Crippen LogP contribution is -2.45. The lowest BCUT2D eigenvalue weighted by atomic mass is 9.89. The molecule has 2 atom stereocenters. The van der Waals surface area contributed by atoms with Crippen molar-refractivity contribution in [3.63, 3.8) is 0 Å². The van der Waals surface area contributed by atoms with Crippen molar-refractivity contribution in [2.24, 2.45) is 17.6 Å². The van der Waals surface area contributed by atoms with Gasteiger partial charge in [0, 0.05) is 49.5 Å². The summed E-state index contributed by atoms with van der Waals surface area (Å²) in [5.41, 5.74) is 6.19. The van der Waals surface area contributed by atoms with Gasteiger partial charge in [-0.1, -0.05) is 32.4 Å². The lowest BCUT2D eigenvalue weighted by Gasteiger charge is -2.24. The third-order valence-corrected chi connectivity index (χ3v) is 7.04.